The van der Waals surface area contributed by atoms with Gasteiger partial charge in [-0.25, -0.2) is 4.79 Å². The van der Waals surface area contributed by atoms with Crippen LogP contribution in [0.5, 0.6) is 5.75 Å². The number of aliphatic carboxylic acids is 1. The Bertz CT molecular complexity index is 843. The van der Waals surface area contributed by atoms with Crippen LogP contribution in [0.1, 0.15) is 31.2 Å². The molecular formula is C18H23N3O5. The number of H-pyrrole nitrogens is 2. The predicted octanol–water partition coefficient (Wildman–Crippen LogP) is 2.16. The van der Waals surface area contributed by atoms with E-state index in [1.54, 1.807) is 11.9 Å². The highest BCUT2D eigenvalue weighted by Crippen LogP contribution is 2.32. The Morgan fingerprint density at radius 2 is 1.92 bits per heavy atom. The lowest BCUT2D eigenvalue weighted by Gasteiger charge is -2.22. The van der Waals surface area contributed by atoms with Gasteiger partial charge in [-0.15, -0.1) is 0 Å². The summed E-state index contributed by atoms with van der Waals surface area (Å²) in [5.74, 6) is 0.195. The summed E-state index contributed by atoms with van der Waals surface area (Å²) in [4.78, 5) is 39.9. The molecule has 1 heterocycles. The molecule has 0 amide bonds. The molecule has 0 spiro atoms. The topological polar surface area (TPSA) is 115 Å². The summed E-state index contributed by atoms with van der Waals surface area (Å²) in [5.41, 5.74) is 0.667. The van der Waals surface area contributed by atoms with Crippen molar-refractivity contribution in [1.82, 2.24) is 9.97 Å². The fourth-order valence-electron chi connectivity index (χ4n) is 2.52. The van der Waals surface area contributed by atoms with Crippen LogP contribution in [-0.4, -0.2) is 34.7 Å². The number of aromatic nitrogens is 2. The van der Waals surface area contributed by atoms with Crippen molar-refractivity contribution >= 4 is 17.5 Å². The average Bonchev–Trinajstić information content (AvgIpc) is 2.56. The molecule has 26 heavy (non-hydrogen) atoms. The van der Waals surface area contributed by atoms with Gasteiger partial charge < -0.3 is 14.7 Å². The fraction of sp³-hybridized carbons (Fsp3) is 0.389. The van der Waals surface area contributed by atoms with Gasteiger partial charge in [0.1, 0.15) is 11.6 Å². The lowest BCUT2D eigenvalue weighted by Crippen LogP contribution is -2.25. The second-order valence-corrected chi connectivity index (χ2v) is 6.06. The molecule has 0 aliphatic carbocycles. The van der Waals surface area contributed by atoms with Crippen LogP contribution in [-0.2, 0) is 4.79 Å². The van der Waals surface area contributed by atoms with Gasteiger partial charge in [-0.2, -0.15) is 0 Å². The highest BCUT2D eigenvalue weighted by Gasteiger charge is 2.12. The summed E-state index contributed by atoms with van der Waals surface area (Å²) < 4.78 is 5.86. The smallest absolute Gasteiger partial charge is 0.327 e. The molecule has 2 rings (SSSR count). The van der Waals surface area contributed by atoms with Gasteiger partial charge in [0.25, 0.3) is 5.56 Å². The number of aromatic amines is 2. The standard InChI is InChI=1S/C18H23N3O5/c1-12-7-8-13(21(2)15-11-16(22)20-18(25)19-15)14(10-12)26-9-5-3-4-6-17(23)24/h7-8,10-11H,3-6,9H2,1-2H3,(H,23,24)(H2,19,20,22,25). The molecule has 0 fully saturated rings. The number of rotatable bonds is 9. The normalized spacial score (nSPS) is 10.5. The second-order valence-electron chi connectivity index (χ2n) is 6.06. The number of hydrogen-bond donors (Lipinski definition) is 3. The highest BCUT2D eigenvalue weighted by atomic mass is 16.5. The van der Waals surface area contributed by atoms with E-state index in [4.69, 9.17) is 9.84 Å². The first-order valence-electron chi connectivity index (χ1n) is 8.39. The van der Waals surface area contributed by atoms with E-state index in [-0.39, 0.29) is 6.42 Å². The summed E-state index contributed by atoms with van der Waals surface area (Å²) in [6.45, 7) is 2.40. The molecule has 0 bridgehead atoms. The van der Waals surface area contributed by atoms with Gasteiger partial charge in [0, 0.05) is 19.5 Å². The minimum Gasteiger partial charge on any atom is -0.491 e. The van der Waals surface area contributed by atoms with Crippen LogP contribution in [0.2, 0.25) is 0 Å². The molecule has 0 atom stereocenters. The van der Waals surface area contributed by atoms with Crippen LogP contribution in [0.15, 0.2) is 33.9 Å². The number of hydrogen-bond acceptors (Lipinski definition) is 5. The summed E-state index contributed by atoms with van der Waals surface area (Å²) in [5, 5.41) is 8.64. The van der Waals surface area contributed by atoms with Gasteiger partial charge in [-0.3, -0.25) is 19.6 Å². The lowest BCUT2D eigenvalue weighted by molar-refractivity contribution is -0.137. The van der Waals surface area contributed by atoms with E-state index in [0.29, 0.717) is 30.3 Å². The Morgan fingerprint density at radius 3 is 2.62 bits per heavy atom. The Labute approximate surface area is 150 Å². The predicted molar refractivity (Wildman–Crippen MR) is 98.5 cm³/mol. The van der Waals surface area contributed by atoms with Crippen molar-refractivity contribution < 1.29 is 14.6 Å². The Kier molecular flexibility index (Phi) is 6.60. The summed E-state index contributed by atoms with van der Waals surface area (Å²) in [7, 11) is 1.73. The molecule has 140 valence electrons. The molecule has 0 aliphatic rings. The molecule has 0 saturated heterocycles. The van der Waals surface area contributed by atoms with Crippen molar-refractivity contribution in [2.75, 3.05) is 18.6 Å². The molecule has 0 unspecified atom stereocenters. The Hall–Kier alpha value is -3.03. The molecule has 2 aromatic rings. The number of nitrogens with one attached hydrogen (secondary N) is 2. The van der Waals surface area contributed by atoms with Gasteiger partial charge >= 0.3 is 11.7 Å². The molecule has 8 nitrogen and oxygen atoms in total. The molecule has 0 aliphatic heterocycles. The highest BCUT2D eigenvalue weighted by molar-refractivity contribution is 5.67. The van der Waals surface area contributed by atoms with E-state index in [0.717, 1.165) is 18.4 Å². The number of carbonyl (C=O) groups is 1. The van der Waals surface area contributed by atoms with E-state index < -0.39 is 17.2 Å². The van der Waals surface area contributed by atoms with Crippen molar-refractivity contribution in [1.29, 1.82) is 0 Å². The zero-order valence-corrected chi connectivity index (χ0v) is 14.9. The zero-order valence-electron chi connectivity index (χ0n) is 14.9. The maximum absolute atomic E-state index is 11.5. The minimum absolute atomic E-state index is 0.161. The number of nitrogens with zero attached hydrogens (tertiary/aromatic N) is 1. The number of anilines is 2. The molecule has 1 aromatic heterocycles. The van der Waals surface area contributed by atoms with Gasteiger partial charge in [0.05, 0.1) is 12.3 Å². The van der Waals surface area contributed by atoms with Gasteiger partial charge in [-0.05, 0) is 43.9 Å². The SMILES string of the molecule is Cc1ccc(N(C)c2cc(=O)[nH]c(=O)[nH]2)c(OCCCCCC(=O)O)c1. The molecule has 3 N–H and O–H groups in total. The second kappa shape index (κ2) is 8.89. The molecular weight excluding hydrogens is 338 g/mol. The number of aryl methyl sites for hydroxylation is 1. The zero-order chi connectivity index (χ0) is 19.1. The number of benzene rings is 1. The van der Waals surface area contributed by atoms with Crippen LogP contribution < -0.4 is 20.9 Å². The van der Waals surface area contributed by atoms with E-state index in [1.165, 1.54) is 6.07 Å². The lowest BCUT2D eigenvalue weighted by atomic mass is 10.2. The maximum atomic E-state index is 11.5. The number of ether oxygens (including phenoxy) is 1. The van der Waals surface area contributed by atoms with Crippen molar-refractivity contribution in [3.05, 3.63) is 50.7 Å². The molecule has 8 heteroatoms. The number of unbranched alkanes of at least 4 members (excludes halogenated alkanes) is 2. The third kappa shape index (κ3) is 5.51. The van der Waals surface area contributed by atoms with Crippen LogP contribution in [0.4, 0.5) is 11.5 Å². The first-order chi connectivity index (χ1) is 12.4. The van der Waals surface area contributed by atoms with Crippen molar-refractivity contribution in [2.45, 2.75) is 32.6 Å². The van der Waals surface area contributed by atoms with Gasteiger partial charge in [0.2, 0.25) is 0 Å². The van der Waals surface area contributed by atoms with Crippen molar-refractivity contribution in [2.24, 2.45) is 0 Å². The van der Waals surface area contributed by atoms with Crippen LogP contribution in [0.3, 0.4) is 0 Å². The largest absolute Gasteiger partial charge is 0.491 e. The number of carboxylic acids is 1. The van der Waals surface area contributed by atoms with E-state index in [1.807, 2.05) is 25.1 Å². The quantitative estimate of drug-likeness (QED) is 0.590. The van der Waals surface area contributed by atoms with Crippen molar-refractivity contribution in [3.8, 4) is 5.75 Å². The summed E-state index contributed by atoms with van der Waals surface area (Å²) in [6.07, 6.45) is 2.29. The van der Waals surface area contributed by atoms with E-state index in [9.17, 15) is 14.4 Å². The van der Waals surface area contributed by atoms with Crippen molar-refractivity contribution in [3.63, 3.8) is 0 Å². The van der Waals surface area contributed by atoms with Gasteiger partial charge in [0.15, 0.2) is 0 Å². The molecule has 1 aromatic carbocycles. The Morgan fingerprint density at radius 1 is 1.15 bits per heavy atom. The summed E-state index contributed by atoms with van der Waals surface area (Å²) >= 11 is 0. The van der Waals surface area contributed by atoms with Gasteiger partial charge in [-0.1, -0.05) is 6.07 Å². The first kappa shape index (κ1) is 19.3. The third-order valence-electron chi connectivity index (χ3n) is 3.88. The average molecular weight is 361 g/mol. The fourth-order valence-corrected chi connectivity index (χ4v) is 2.52. The van der Waals surface area contributed by atoms with Crippen LogP contribution >= 0.6 is 0 Å². The van der Waals surface area contributed by atoms with E-state index >= 15 is 0 Å². The number of carboxylic acid groups (broad SMARTS) is 1. The van der Waals surface area contributed by atoms with Crippen LogP contribution in [0, 0.1) is 6.92 Å². The molecule has 0 radical (unpaired) electrons. The monoisotopic (exact) mass is 361 g/mol. The first-order valence-corrected chi connectivity index (χ1v) is 8.39. The molecule has 0 saturated carbocycles. The van der Waals surface area contributed by atoms with Crippen LogP contribution in [0.25, 0.3) is 0 Å². The third-order valence-corrected chi connectivity index (χ3v) is 3.88. The summed E-state index contributed by atoms with van der Waals surface area (Å²) in [6, 6.07) is 6.96. The Balaban J connectivity index is 2.10. The minimum atomic E-state index is -0.791. The maximum Gasteiger partial charge on any atom is 0.327 e. The van der Waals surface area contributed by atoms with E-state index in [2.05, 4.69) is 9.97 Å².